The topological polar surface area (TPSA) is 95.4 Å². The van der Waals surface area contributed by atoms with E-state index in [-0.39, 0.29) is 23.0 Å². The predicted molar refractivity (Wildman–Crippen MR) is 74.6 cm³/mol. The van der Waals surface area contributed by atoms with Gasteiger partial charge in [0.15, 0.2) is 11.7 Å². The lowest BCUT2D eigenvalue weighted by Gasteiger charge is -2.06. The smallest absolute Gasteiger partial charge is 0.158 e. The Morgan fingerprint density at radius 2 is 2.15 bits per heavy atom. The van der Waals surface area contributed by atoms with Crippen LogP contribution in [0.2, 0.25) is 0 Å². The highest BCUT2D eigenvalue weighted by Gasteiger charge is 2.10. The fourth-order valence-corrected chi connectivity index (χ4v) is 1.69. The highest BCUT2D eigenvalue weighted by molar-refractivity contribution is 6.10. The number of amidine groups is 2. The van der Waals surface area contributed by atoms with Crippen LogP contribution in [0.1, 0.15) is 16.8 Å². The molecule has 4 N–H and O–H groups in total. The van der Waals surface area contributed by atoms with Crippen molar-refractivity contribution in [2.75, 3.05) is 0 Å². The number of aromatic hydroxyl groups is 1. The summed E-state index contributed by atoms with van der Waals surface area (Å²) >= 11 is 0. The van der Waals surface area contributed by atoms with Gasteiger partial charge in [-0.2, -0.15) is 0 Å². The van der Waals surface area contributed by atoms with Gasteiger partial charge in [-0.15, -0.1) is 0 Å². The van der Waals surface area contributed by atoms with Crippen molar-refractivity contribution in [1.82, 2.24) is 4.98 Å². The van der Waals surface area contributed by atoms with Crippen molar-refractivity contribution in [3.8, 4) is 5.75 Å². The first-order valence-electron chi connectivity index (χ1n) is 5.82. The maximum atomic E-state index is 13.1. The summed E-state index contributed by atoms with van der Waals surface area (Å²) in [6, 6.07) is 6.86. The van der Waals surface area contributed by atoms with Crippen molar-refractivity contribution < 1.29 is 9.50 Å². The molecule has 1 aromatic heterocycles. The van der Waals surface area contributed by atoms with Gasteiger partial charge in [-0.1, -0.05) is 6.07 Å². The molecule has 0 aliphatic carbocycles. The summed E-state index contributed by atoms with van der Waals surface area (Å²) in [5.41, 5.74) is 7.03. The summed E-state index contributed by atoms with van der Waals surface area (Å²) in [7, 11) is 0. The van der Waals surface area contributed by atoms with Crippen molar-refractivity contribution in [1.29, 1.82) is 5.41 Å². The second-order valence-corrected chi connectivity index (χ2v) is 4.18. The van der Waals surface area contributed by atoms with Crippen LogP contribution >= 0.6 is 0 Å². The maximum absolute atomic E-state index is 13.1. The number of nitrogens with one attached hydrogen (secondary N) is 1. The summed E-state index contributed by atoms with van der Waals surface area (Å²) in [4.78, 5) is 7.94. The number of aromatic nitrogens is 1. The van der Waals surface area contributed by atoms with Gasteiger partial charge in [0.2, 0.25) is 0 Å². The molecule has 0 aliphatic heterocycles. The van der Waals surface area contributed by atoms with Crippen LogP contribution in [-0.4, -0.2) is 21.8 Å². The standard InChI is InChI=1S/C14H13FN4O/c1-8-3-2-6-18-12(8)14(17)19-13(16)10-7-9(15)4-5-11(10)20/h2-7,20H,1H3,(H3,16,17,19). The second-order valence-electron chi connectivity index (χ2n) is 4.18. The SMILES string of the molecule is Cc1cccnc1C(N)=NC(=N)c1cc(F)ccc1O. The van der Waals surface area contributed by atoms with Gasteiger partial charge in [0.25, 0.3) is 0 Å². The lowest BCUT2D eigenvalue weighted by atomic mass is 10.1. The van der Waals surface area contributed by atoms with E-state index in [1.165, 1.54) is 0 Å². The van der Waals surface area contributed by atoms with Gasteiger partial charge in [-0.25, -0.2) is 9.38 Å². The molecule has 5 nitrogen and oxygen atoms in total. The molecular formula is C14H13FN4O. The Balaban J connectivity index is 2.37. The van der Waals surface area contributed by atoms with Crippen LogP contribution in [0, 0.1) is 18.2 Å². The van der Waals surface area contributed by atoms with Gasteiger partial charge in [0.1, 0.15) is 17.3 Å². The highest BCUT2D eigenvalue weighted by atomic mass is 19.1. The van der Waals surface area contributed by atoms with Gasteiger partial charge in [0, 0.05) is 6.20 Å². The number of hydrogen-bond donors (Lipinski definition) is 3. The number of phenols is 1. The van der Waals surface area contributed by atoms with E-state index in [0.717, 1.165) is 23.8 Å². The van der Waals surface area contributed by atoms with E-state index in [1.807, 2.05) is 13.0 Å². The summed E-state index contributed by atoms with van der Waals surface area (Å²) in [6.07, 6.45) is 1.56. The number of pyridine rings is 1. The summed E-state index contributed by atoms with van der Waals surface area (Å²) in [5, 5.41) is 17.4. The van der Waals surface area contributed by atoms with Crippen molar-refractivity contribution in [2.24, 2.45) is 10.7 Å². The Kier molecular flexibility index (Phi) is 3.74. The molecule has 0 spiro atoms. The Hall–Kier alpha value is -2.76. The average Bonchev–Trinajstić information content (AvgIpc) is 2.41. The fraction of sp³-hybridized carbons (Fsp3) is 0.0714. The monoisotopic (exact) mass is 272 g/mol. The molecule has 0 radical (unpaired) electrons. The predicted octanol–water partition coefficient (Wildman–Crippen LogP) is 1.97. The van der Waals surface area contributed by atoms with Crippen LogP contribution in [-0.2, 0) is 0 Å². The van der Waals surface area contributed by atoms with E-state index in [1.54, 1.807) is 12.3 Å². The van der Waals surface area contributed by atoms with Crippen molar-refractivity contribution >= 4 is 11.7 Å². The third kappa shape index (κ3) is 2.80. The number of phenolic OH excluding ortho intramolecular Hbond substituents is 1. The van der Waals surface area contributed by atoms with Crippen LogP contribution in [0.3, 0.4) is 0 Å². The minimum atomic E-state index is -0.565. The molecule has 0 fully saturated rings. The third-order valence-corrected chi connectivity index (χ3v) is 2.70. The Morgan fingerprint density at radius 1 is 1.40 bits per heavy atom. The molecule has 1 aromatic carbocycles. The zero-order valence-corrected chi connectivity index (χ0v) is 10.8. The van der Waals surface area contributed by atoms with Crippen LogP contribution in [0.4, 0.5) is 4.39 Å². The molecule has 0 unspecified atom stereocenters. The van der Waals surface area contributed by atoms with Crippen molar-refractivity contribution in [3.63, 3.8) is 0 Å². The van der Waals surface area contributed by atoms with E-state index in [2.05, 4.69) is 9.98 Å². The average molecular weight is 272 g/mol. The molecule has 2 aromatic rings. The fourth-order valence-electron chi connectivity index (χ4n) is 1.69. The molecule has 2 rings (SSSR count). The Morgan fingerprint density at radius 3 is 2.85 bits per heavy atom. The minimum Gasteiger partial charge on any atom is -0.507 e. The molecule has 0 amide bonds. The first-order chi connectivity index (χ1) is 9.49. The number of aliphatic imine (C=N–C) groups is 1. The number of nitrogens with two attached hydrogens (primary N) is 1. The number of nitrogens with zero attached hydrogens (tertiary/aromatic N) is 2. The highest BCUT2D eigenvalue weighted by Crippen LogP contribution is 2.19. The molecule has 0 saturated carbocycles. The summed E-state index contributed by atoms with van der Waals surface area (Å²) in [5.74, 6) is -1.09. The molecule has 0 aliphatic rings. The van der Waals surface area contributed by atoms with E-state index < -0.39 is 5.82 Å². The van der Waals surface area contributed by atoms with Gasteiger partial charge in [-0.3, -0.25) is 10.4 Å². The quantitative estimate of drug-likeness (QED) is 0.576. The van der Waals surface area contributed by atoms with Crippen molar-refractivity contribution in [3.05, 3.63) is 59.2 Å². The van der Waals surface area contributed by atoms with Crippen LogP contribution in [0.5, 0.6) is 5.75 Å². The number of benzene rings is 1. The largest absolute Gasteiger partial charge is 0.507 e. The van der Waals surface area contributed by atoms with Gasteiger partial charge in [-0.05, 0) is 36.8 Å². The normalized spacial score (nSPS) is 11.4. The van der Waals surface area contributed by atoms with Gasteiger partial charge in [0.05, 0.1) is 5.56 Å². The molecule has 20 heavy (non-hydrogen) atoms. The molecule has 1 heterocycles. The zero-order chi connectivity index (χ0) is 14.7. The molecule has 0 atom stereocenters. The third-order valence-electron chi connectivity index (χ3n) is 2.70. The lowest BCUT2D eigenvalue weighted by molar-refractivity contribution is 0.471. The first kappa shape index (κ1) is 13.7. The summed E-state index contributed by atoms with van der Waals surface area (Å²) < 4.78 is 13.1. The zero-order valence-electron chi connectivity index (χ0n) is 10.8. The molecule has 6 heteroatoms. The molecule has 0 saturated heterocycles. The molecule has 0 bridgehead atoms. The number of halogens is 1. The molecular weight excluding hydrogens is 259 g/mol. The van der Waals surface area contributed by atoms with Crippen LogP contribution in [0.25, 0.3) is 0 Å². The maximum Gasteiger partial charge on any atom is 0.158 e. The van der Waals surface area contributed by atoms with E-state index in [0.29, 0.717) is 5.69 Å². The first-order valence-corrected chi connectivity index (χ1v) is 5.82. The number of hydrogen-bond acceptors (Lipinski definition) is 3. The Bertz CT molecular complexity index is 697. The lowest BCUT2D eigenvalue weighted by Crippen LogP contribution is -2.18. The molecule has 102 valence electrons. The summed E-state index contributed by atoms with van der Waals surface area (Å²) in [6.45, 7) is 1.81. The van der Waals surface area contributed by atoms with Crippen LogP contribution in [0.15, 0.2) is 41.5 Å². The van der Waals surface area contributed by atoms with Gasteiger partial charge < -0.3 is 10.8 Å². The number of rotatable bonds is 2. The van der Waals surface area contributed by atoms with Gasteiger partial charge >= 0.3 is 0 Å². The minimum absolute atomic E-state index is 0.0264. The van der Waals surface area contributed by atoms with Crippen molar-refractivity contribution in [2.45, 2.75) is 6.92 Å². The van der Waals surface area contributed by atoms with Crippen LogP contribution < -0.4 is 5.73 Å². The van der Waals surface area contributed by atoms with E-state index in [9.17, 15) is 9.50 Å². The van der Waals surface area contributed by atoms with E-state index >= 15 is 0 Å². The number of aryl methyl sites for hydroxylation is 1. The second kappa shape index (κ2) is 5.48. The van der Waals surface area contributed by atoms with E-state index in [4.69, 9.17) is 11.1 Å². The Labute approximate surface area is 115 Å².